The number of aromatic nitrogens is 2. The van der Waals surface area contributed by atoms with Gasteiger partial charge in [-0.1, -0.05) is 48.5 Å². The molecule has 2 aliphatic heterocycles. The SMILES string of the molecule is C[C@@H](O)[C@H](N)C(=O)N1CCC[C@H]1c1nc(-c2ccc(F)c3ccccc23)cs1.C[C@@H](O)[C@H](NC(=O)OC(C)(C)C)C(=O)O.Fc1ccc(-c2csc([C@@H]3CCCN3)n2)c2ccccc12. The lowest BCUT2D eigenvalue weighted by Crippen LogP contribution is -2.49. The van der Waals surface area contributed by atoms with Crippen molar-refractivity contribution in [2.75, 3.05) is 13.1 Å². The number of halogens is 2. The van der Waals surface area contributed by atoms with Gasteiger partial charge < -0.3 is 41.3 Å². The number of fused-ring (bicyclic) bond motifs is 2. The van der Waals surface area contributed by atoms with E-state index in [4.69, 9.17) is 30.7 Å². The second kappa shape index (κ2) is 21.0. The number of thiazole rings is 2. The highest BCUT2D eigenvalue weighted by molar-refractivity contribution is 7.10. The van der Waals surface area contributed by atoms with Crippen LogP contribution in [-0.2, 0) is 14.3 Å². The number of nitrogens with zero attached hydrogens (tertiary/aromatic N) is 3. The molecule has 2 aromatic heterocycles. The lowest BCUT2D eigenvalue weighted by molar-refractivity contribution is -0.142. The van der Waals surface area contributed by atoms with Crippen LogP contribution in [-0.4, -0.2) is 91.1 Å². The number of aliphatic carboxylic acids is 1. The van der Waals surface area contributed by atoms with Crippen LogP contribution in [0.15, 0.2) is 83.6 Å². The Bertz CT molecular complexity index is 2570. The second-order valence-corrected chi connectivity index (χ2v) is 18.5. The molecule has 0 bridgehead atoms. The monoisotopic (exact) mass is 916 g/mol. The van der Waals surface area contributed by atoms with E-state index < -0.39 is 42.0 Å². The Kier molecular flexibility index (Phi) is 15.8. The van der Waals surface area contributed by atoms with E-state index in [-0.39, 0.29) is 23.6 Å². The number of carbonyl (C=O) groups excluding carboxylic acids is 2. The van der Waals surface area contributed by atoms with E-state index in [0.29, 0.717) is 23.4 Å². The molecule has 7 N–H and O–H groups in total. The summed E-state index contributed by atoms with van der Waals surface area (Å²) in [7, 11) is 0. The minimum absolute atomic E-state index is 0.136. The second-order valence-electron chi connectivity index (χ2n) is 16.7. The number of nitrogens with two attached hydrogens (primary N) is 1. The lowest BCUT2D eigenvalue weighted by atomic mass is 10.0. The Balaban J connectivity index is 0.000000168. The number of benzene rings is 4. The summed E-state index contributed by atoms with van der Waals surface area (Å²) in [6.07, 6.45) is 1.10. The number of nitrogens with one attached hydrogen (secondary N) is 2. The van der Waals surface area contributed by atoms with E-state index in [0.717, 1.165) is 69.1 Å². The summed E-state index contributed by atoms with van der Waals surface area (Å²) in [5.74, 6) is -1.99. The first kappa shape index (κ1) is 48.0. The molecule has 0 unspecified atom stereocenters. The van der Waals surface area contributed by atoms with Crippen molar-refractivity contribution in [3.8, 4) is 22.5 Å². The van der Waals surface area contributed by atoms with Gasteiger partial charge in [0.2, 0.25) is 5.91 Å². The van der Waals surface area contributed by atoms with Crippen LogP contribution in [0, 0.1) is 11.6 Å². The number of likely N-dealkylation sites (tertiary alicyclic amines) is 1. The van der Waals surface area contributed by atoms with Gasteiger partial charge in [0.15, 0.2) is 6.04 Å². The third kappa shape index (κ3) is 11.6. The highest BCUT2D eigenvalue weighted by atomic mass is 32.1. The predicted octanol–water partition coefficient (Wildman–Crippen LogP) is 8.35. The summed E-state index contributed by atoms with van der Waals surface area (Å²) < 4.78 is 32.9. The normalized spacial score (nSPS) is 18.0. The Hall–Kier alpha value is -5.43. The highest BCUT2D eigenvalue weighted by Gasteiger charge is 2.36. The molecule has 0 radical (unpaired) electrons. The number of rotatable bonds is 9. The maximum absolute atomic E-state index is 14.1. The average Bonchev–Trinajstić information content (AvgIpc) is 4.10. The first-order valence-electron chi connectivity index (χ1n) is 21.1. The van der Waals surface area contributed by atoms with E-state index in [1.54, 1.807) is 49.1 Å². The molecule has 6 aromatic rings. The first-order chi connectivity index (χ1) is 30.4. The Morgan fingerprint density at radius 2 is 1.34 bits per heavy atom. The molecular formula is C47H54F2N6O7S2. The summed E-state index contributed by atoms with van der Waals surface area (Å²) in [5, 5.41) is 41.9. The maximum Gasteiger partial charge on any atom is 0.408 e. The fourth-order valence-corrected chi connectivity index (χ4v) is 9.40. The number of aliphatic hydroxyl groups is 2. The minimum Gasteiger partial charge on any atom is -0.480 e. The quantitative estimate of drug-likeness (QED) is 0.0815. The molecule has 0 saturated carbocycles. The van der Waals surface area contributed by atoms with Crippen molar-refractivity contribution in [1.82, 2.24) is 25.5 Å². The molecule has 2 fully saturated rings. The highest BCUT2D eigenvalue weighted by Crippen LogP contribution is 2.38. The van der Waals surface area contributed by atoms with Crippen molar-refractivity contribution < 1.29 is 43.2 Å². The molecule has 2 saturated heterocycles. The molecular weight excluding hydrogens is 863 g/mol. The van der Waals surface area contributed by atoms with Gasteiger partial charge in [-0.15, -0.1) is 22.7 Å². The number of aliphatic hydroxyl groups excluding tert-OH is 2. The molecule has 17 heteroatoms. The average molecular weight is 917 g/mol. The van der Waals surface area contributed by atoms with Gasteiger partial charge in [-0.2, -0.15) is 0 Å². The zero-order chi connectivity index (χ0) is 46.3. The van der Waals surface area contributed by atoms with Crippen molar-refractivity contribution in [2.45, 2.75) is 102 Å². The topological polar surface area (TPSA) is 200 Å². The van der Waals surface area contributed by atoms with Crippen LogP contribution >= 0.6 is 22.7 Å². The van der Waals surface area contributed by atoms with E-state index in [9.17, 15) is 28.3 Å². The third-order valence-electron chi connectivity index (χ3n) is 10.7. The predicted molar refractivity (Wildman–Crippen MR) is 246 cm³/mol. The van der Waals surface area contributed by atoms with Crippen molar-refractivity contribution in [3.63, 3.8) is 0 Å². The number of amides is 2. The molecule has 6 atom stereocenters. The van der Waals surface area contributed by atoms with Crippen LogP contribution in [0.5, 0.6) is 0 Å². The van der Waals surface area contributed by atoms with E-state index in [2.05, 4.69) is 16.0 Å². The van der Waals surface area contributed by atoms with Gasteiger partial charge >= 0.3 is 12.1 Å². The smallest absolute Gasteiger partial charge is 0.408 e. The van der Waals surface area contributed by atoms with Gasteiger partial charge in [0.1, 0.15) is 33.3 Å². The van der Waals surface area contributed by atoms with Crippen molar-refractivity contribution in [2.24, 2.45) is 5.73 Å². The molecule has 13 nitrogen and oxygen atoms in total. The number of hydrogen-bond donors (Lipinski definition) is 6. The van der Waals surface area contributed by atoms with E-state index in [1.807, 2.05) is 53.9 Å². The third-order valence-corrected chi connectivity index (χ3v) is 12.6. The Morgan fingerprint density at radius 1 is 0.812 bits per heavy atom. The first-order valence-corrected chi connectivity index (χ1v) is 22.8. The maximum atomic E-state index is 14.1. The van der Waals surface area contributed by atoms with Crippen LogP contribution in [0.3, 0.4) is 0 Å². The fraction of sp³-hybridized carbons (Fsp3) is 0.383. The summed E-state index contributed by atoms with van der Waals surface area (Å²) in [5.41, 5.74) is 8.75. The fourth-order valence-electron chi connectivity index (χ4n) is 7.51. The van der Waals surface area contributed by atoms with Gasteiger partial charge in [-0.25, -0.2) is 28.3 Å². The Labute approximate surface area is 378 Å². The number of alkyl carbamates (subject to hydrolysis) is 1. The van der Waals surface area contributed by atoms with Gasteiger partial charge in [0.05, 0.1) is 35.7 Å². The zero-order valence-electron chi connectivity index (χ0n) is 36.3. The van der Waals surface area contributed by atoms with Crippen LogP contribution < -0.4 is 16.4 Å². The van der Waals surface area contributed by atoms with Gasteiger partial charge in [0.25, 0.3) is 0 Å². The largest absolute Gasteiger partial charge is 0.480 e. The van der Waals surface area contributed by atoms with Crippen LogP contribution in [0.4, 0.5) is 13.6 Å². The Morgan fingerprint density at radius 3 is 1.83 bits per heavy atom. The standard InChI is InChI=1S/C21H22FN3O2S.C17H15FN2S.C9H17NO5/c1-12(26)19(23)21(27)25-10-4-7-18(25)20-24-17(11-28-20)15-8-9-16(22)14-6-3-2-5-13(14)15;18-14-8-7-13(11-4-1-2-5-12(11)14)16-10-21-17(20-16)15-6-3-9-19-15;1-5(11)6(7(12)13)10-8(14)15-9(2,3)4/h2-3,5-6,8-9,11-12,18-19,26H,4,7,10,23H2,1H3;1-2,4-5,7-8,10,15,19H,3,6,9H2;5-6,11H,1-4H3,(H,10,14)(H,12,13)/t12-,18+,19+;15-;5-,6+/m101/s1. The molecule has 0 aliphatic carbocycles. The number of ether oxygens (including phenoxy) is 1. The summed E-state index contributed by atoms with van der Waals surface area (Å²) in [4.78, 5) is 45.7. The molecule has 64 heavy (non-hydrogen) atoms. The van der Waals surface area contributed by atoms with Crippen molar-refractivity contribution >= 4 is 62.2 Å². The molecule has 340 valence electrons. The number of carboxylic acids is 1. The van der Waals surface area contributed by atoms with Gasteiger partial charge in [-0.3, -0.25) is 4.79 Å². The molecule has 8 rings (SSSR count). The molecule has 4 heterocycles. The van der Waals surface area contributed by atoms with Gasteiger partial charge in [-0.05, 0) is 102 Å². The molecule has 2 aliphatic rings. The molecule has 2 amide bonds. The summed E-state index contributed by atoms with van der Waals surface area (Å²) in [6, 6.07) is 19.5. The van der Waals surface area contributed by atoms with Crippen LogP contribution in [0.2, 0.25) is 0 Å². The van der Waals surface area contributed by atoms with E-state index >= 15 is 0 Å². The van der Waals surface area contributed by atoms with Crippen molar-refractivity contribution in [3.05, 3.63) is 105 Å². The summed E-state index contributed by atoms with van der Waals surface area (Å²) in [6.45, 7) is 9.45. The number of carboxylic acid groups (broad SMARTS) is 1. The van der Waals surface area contributed by atoms with Gasteiger partial charge in [0, 0.05) is 39.2 Å². The summed E-state index contributed by atoms with van der Waals surface area (Å²) >= 11 is 3.18. The number of hydrogen-bond acceptors (Lipinski definition) is 12. The van der Waals surface area contributed by atoms with E-state index in [1.165, 1.54) is 43.7 Å². The lowest BCUT2D eigenvalue weighted by Gasteiger charge is -2.27. The molecule has 0 spiro atoms. The molecule has 4 aromatic carbocycles. The van der Waals surface area contributed by atoms with Crippen LogP contribution in [0.25, 0.3) is 44.1 Å². The number of carbonyl (C=O) groups is 3. The van der Waals surface area contributed by atoms with Crippen molar-refractivity contribution in [1.29, 1.82) is 0 Å². The minimum atomic E-state index is -1.36. The van der Waals surface area contributed by atoms with Crippen LogP contribution in [0.1, 0.15) is 82.4 Å². The zero-order valence-corrected chi connectivity index (χ0v) is 37.9.